The number of aromatic nitrogens is 4. The van der Waals surface area contributed by atoms with Crippen LogP contribution in [0.3, 0.4) is 0 Å². The Hall–Kier alpha value is -3.35. The van der Waals surface area contributed by atoms with Crippen LogP contribution >= 0.6 is 0 Å². The molecule has 2 aromatic carbocycles. The van der Waals surface area contributed by atoms with Crippen molar-refractivity contribution in [3.05, 3.63) is 96.0 Å². The van der Waals surface area contributed by atoms with E-state index < -0.39 is 27.7 Å². The zero-order chi connectivity index (χ0) is 22.5. The molecule has 2 heterocycles. The van der Waals surface area contributed by atoms with E-state index in [1.807, 2.05) is 37.3 Å². The number of amides is 1. The summed E-state index contributed by atoms with van der Waals surface area (Å²) in [4.78, 5) is 26.0. The number of aliphatic hydroxyl groups is 1. The van der Waals surface area contributed by atoms with Crippen molar-refractivity contribution in [2.45, 2.75) is 13.0 Å². The Morgan fingerprint density at radius 1 is 1.16 bits per heavy atom. The van der Waals surface area contributed by atoms with Crippen LogP contribution in [0, 0.1) is 12.7 Å². The number of carbonyl (C=O) groups excluding carboxylic acids is 1. The first-order chi connectivity index (χ1) is 15.5. The van der Waals surface area contributed by atoms with E-state index in [0.717, 1.165) is 15.5 Å². The maximum absolute atomic E-state index is 13.2. The first kappa shape index (κ1) is 21.9. The summed E-state index contributed by atoms with van der Waals surface area (Å²) in [5.74, 6) is -0.0294. The number of nitrogens with one attached hydrogen (secondary N) is 1. The van der Waals surface area contributed by atoms with E-state index in [1.165, 1.54) is 18.5 Å². The first-order valence-corrected chi connectivity index (χ1v) is 12.0. The second-order valence-electron chi connectivity index (χ2n) is 7.12. The molecule has 2 atom stereocenters. The molecule has 0 aliphatic rings. The molecular weight excluding hydrogens is 472 g/mol. The Bertz CT molecular complexity index is 1210. The summed E-state index contributed by atoms with van der Waals surface area (Å²) in [7, 11) is 0. The van der Waals surface area contributed by atoms with Crippen LogP contribution in [0.2, 0.25) is 0 Å². The summed E-state index contributed by atoms with van der Waals surface area (Å²) in [5, 5.41) is 12.5. The van der Waals surface area contributed by atoms with Gasteiger partial charge < -0.3 is 0 Å². The zero-order valence-electron chi connectivity index (χ0n) is 17.2. The molecule has 32 heavy (non-hydrogen) atoms. The van der Waals surface area contributed by atoms with Gasteiger partial charge in [-0.05, 0) is 0 Å². The molecule has 1 amide bonds. The van der Waals surface area contributed by atoms with Crippen LogP contribution in [0.1, 0.15) is 27.7 Å². The molecule has 0 fully saturated rings. The van der Waals surface area contributed by atoms with Crippen molar-refractivity contribution in [3.63, 3.8) is 0 Å². The van der Waals surface area contributed by atoms with E-state index in [0.29, 0.717) is 10.4 Å². The number of carbonyl (C=O) groups is 1. The van der Waals surface area contributed by atoms with Crippen molar-refractivity contribution in [2.75, 3.05) is 6.61 Å². The van der Waals surface area contributed by atoms with Crippen LogP contribution < -0.4 is 14.3 Å². The molecule has 9 heteroatoms. The van der Waals surface area contributed by atoms with Gasteiger partial charge in [0.15, 0.2) is 0 Å². The summed E-state index contributed by atoms with van der Waals surface area (Å²) in [6.45, 7) is 1.66. The molecule has 2 N–H and O–H groups in total. The number of imidazole rings is 1. The number of benzene rings is 2. The summed E-state index contributed by atoms with van der Waals surface area (Å²) >= 11 is -0.836. The average molecular weight is 493 g/mol. The Kier molecular flexibility index (Phi) is 6.73. The van der Waals surface area contributed by atoms with Crippen molar-refractivity contribution in [1.29, 1.82) is 0 Å². The summed E-state index contributed by atoms with van der Waals surface area (Å²) < 4.78 is 16.6. The molecule has 4 aromatic rings. The quantitative estimate of drug-likeness (QED) is 0.375. The Labute approximate surface area is 191 Å². The molecule has 7 nitrogen and oxygen atoms in total. The molecule has 0 saturated carbocycles. The Balaban J connectivity index is 1.52. The summed E-state index contributed by atoms with van der Waals surface area (Å²) in [5.41, 5.74) is 1.86. The van der Waals surface area contributed by atoms with Crippen LogP contribution in [0.5, 0.6) is 0 Å². The van der Waals surface area contributed by atoms with E-state index in [4.69, 9.17) is 0 Å². The average Bonchev–Trinajstić information content (AvgIpc) is 3.31. The third-order valence-corrected chi connectivity index (χ3v) is 7.07. The fourth-order valence-corrected chi connectivity index (χ4v) is 4.98. The van der Waals surface area contributed by atoms with Crippen molar-refractivity contribution in [2.24, 2.45) is 0 Å². The third kappa shape index (κ3) is 5.10. The summed E-state index contributed by atoms with van der Waals surface area (Å²) in [6.07, 6.45) is 4.87. The van der Waals surface area contributed by atoms with Gasteiger partial charge in [-0.2, -0.15) is 0 Å². The predicted octanol–water partition coefficient (Wildman–Crippen LogP) is 0.961. The van der Waals surface area contributed by atoms with E-state index in [1.54, 1.807) is 29.1 Å². The number of halogens is 1. The molecule has 4 rings (SSSR count). The number of rotatable bonds is 7. The van der Waals surface area contributed by atoms with Crippen LogP contribution in [-0.2, 0) is 0 Å². The topological polar surface area (TPSA) is 92.9 Å². The molecule has 0 aliphatic heterocycles. The van der Waals surface area contributed by atoms with E-state index in [-0.39, 0.29) is 18.1 Å². The van der Waals surface area contributed by atoms with Crippen molar-refractivity contribution < 1.29 is 14.3 Å². The standard InChI is InChI=1S/C23H21AsFN5O2/c1-15-11-26-23(24-17-7-9-18(25)10-8-17)29-21(15)30-12-19(27-14-30)22(32)28-20(13-31)16-5-3-2-4-6-16/h2-12,14,20,24,31H,13H2,1H3,(H,28,32). The number of hydrogen-bond donors (Lipinski definition) is 2. The van der Waals surface area contributed by atoms with Crippen LogP contribution in [-0.4, -0.2) is 52.9 Å². The molecule has 162 valence electrons. The van der Waals surface area contributed by atoms with Gasteiger partial charge in [0.1, 0.15) is 0 Å². The zero-order valence-corrected chi connectivity index (χ0v) is 19.3. The van der Waals surface area contributed by atoms with Crippen molar-refractivity contribution in [1.82, 2.24) is 24.8 Å². The summed E-state index contributed by atoms with van der Waals surface area (Å²) in [6, 6.07) is 15.1. The second kappa shape index (κ2) is 9.85. The number of aliphatic hydroxyl groups excluding tert-OH is 1. The van der Waals surface area contributed by atoms with Crippen LogP contribution in [0.4, 0.5) is 4.39 Å². The molecule has 2 unspecified atom stereocenters. The van der Waals surface area contributed by atoms with Gasteiger partial charge >= 0.3 is 185 Å². The Morgan fingerprint density at radius 2 is 1.91 bits per heavy atom. The molecule has 2 aromatic heterocycles. The van der Waals surface area contributed by atoms with E-state index >= 15 is 0 Å². The number of hydrogen-bond acceptors (Lipinski definition) is 5. The minimum atomic E-state index is -0.836. The van der Waals surface area contributed by atoms with Gasteiger partial charge in [0.25, 0.3) is 0 Å². The van der Waals surface area contributed by atoms with Crippen LogP contribution in [0.25, 0.3) is 5.82 Å². The number of nitrogens with zero attached hydrogens (tertiary/aromatic N) is 4. The normalized spacial score (nSPS) is 12.2. The maximum atomic E-state index is 13.2. The predicted molar refractivity (Wildman–Crippen MR) is 120 cm³/mol. The second-order valence-corrected chi connectivity index (χ2v) is 9.79. The molecular formula is C23H21AsFN5O2. The van der Waals surface area contributed by atoms with E-state index in [2.05, 4.69) is 20.3 Å². The molecule has 0 radical (unpaired) electrons. The minimum absolute atomic E-state index is 0.216. The van der Waals surface area contributed by atoms with Gasteiger partial charge in [-0.3, -0.25) is 0 Å². The van der Waals surface area contributed by atoms with Gasteiger partial charge in [-0.1, -0.05) is 6.07 Å². The monoisotopic (exact) mass is 493 g/mol. The van der Waals surface area contributed by atoms with Gasteiger partial charge in [0.05, 0.1) is 0 Å². The van der Waals surface area contributed by atoms with Crippen molar-refractivity contribution in [3.8, 4) is 5.82 Å². The fourth-order valence-electron chi connectivity index (χ4n) is 3.12. The molecule has 0 saturated heterocycles. The van der Waals surface area contributed by atoms with Crippen molar-refractivity contribution >= 4 is 30.6 Å². The number of aryl methyl sites for hydroxylation is 1. The molecule has 0 spiro atoms. The van der Waals surface area contributed by atoms with Gasteiger partial charge in [-0.25, -0.2) is 0 Å². The SMILES string of the molecule is Cc1cnc([AsH]c2ccc(F)cc2)nc1-n1cnc(C(=O)NC(CO)c2ccccc2)c1. The van der Waals surface area contributed by atoms with Crippen LogP contribution in [0.15, 0.2) is 73.3 Å². The Morgan fingerprint density at radius 3 is 2.62 bits per heavy atom. The third-order valence-electron chi connectivity index (χ3n) is 4.79. The fraction of sp³-hybridized carbons (Fsp3) is 0.130. The molecule has 0 bridgehead atoms. The van der Waals surface area contributed by atoms with Gasteiger partial charge in [0.2, 0.25) is 0 Å². The molecule has 0 aliphatic carbocycles. The first-order valence-electron chi connectivity index (χ1n) is 9.91. The van der Waals surface area contributed by atoms with Gasteiger partial charge in [0, 0.05) is 0 Å². The van der Waals surface area contributed by atoms with E-state index in [9.17, 15) is 14.3 Å². The van der Waals surface area contributed by atoms with Gasteiger partial charge in [-0.15, -0.1) is 0 Å².